The number of ketones is 1. The number of hydrogen-bond acceptors (Lipinski definition) is 4. The lowest BCUT2D eigenvalue weighted by Crippen LogP contribution is -2.25. The molecule has 1 heterocycles. The van der Waals surface area contributed by atoms with Crippen molar-refractivity contribution in [1.29, 1.82) is 0 Å². The number of rotatable bonds is 5. The highest BCUT2D eigenvalue weighted by Crippen LogP contribution is 2.24. The fourth-order valence-electron chi connectivity index (χ4n) is 2.93. The summed E-state index contributed by atoms with van der Waals surface area (Å²) in [5.41, 5.74) is 3.66. The normalized spacial score (nSPS) is 14.2. The molecule has 134 valence electrons. The molecule has 2 aromatic rings. The largest absolute Gasteiger partial charge is 0.451 e. The second-order valence-corrected chi connectivity index (χ2v) is 6.38. The number of fused-ring (bicyclic) bond motifs is 1. The molecule has 1 atom stereocenters. The lowest BCUT2D eigenvalue weighted by Gasteiger charge is -2.18. The molecule has 26 heavy (non-hydrogen) atoms. The van der Waals surface area contributed by atoms with E-state index in [1.807, 2.05) is 19.1 Å². The van der Waals surface area contributed by atoms with Crippen LogP contribution in [0.2, 0.25) is 0 Å². The topological polar surface area (TPSA) is 72.5 Å². The van der Waals surface area contributed by atoms with Crippen LogP contribution >= 0.6 is 0 Å². The molecule has 0 aliphatic carbocycles. The van der Waals surface area contributed by atoms with Gasteiger partial charge in [0.25, 0.3) is 0 Å². The SMILES string of the molecule is CCc1ccc(C(=O)C(C)OC(=O)c2ccc3c(c2)CCC(=O)N3)cc1. The molecule has 2 aromatic carbocycles. The quantitative estimate of drug-likeness (QED) is 0.660. The molecule has 0 bridgehead atoms. The predicted molar refractivity (Wildman–Crippen MR) is 98.4 cm³/mol. The smallest absolute Gasteiger partial charge is 0.338 e. The molecule has 0 aromatic heterocycles. The molecule has 0 saturated carbocycles. The Morgan fingerprint density at radius 2 is 1.77 bits per heavy atom. The van der Waals surface area contributed by atoms with Gasteiger partial charge in [-0.2, -0.15) is 0 Å². The van der Waals surface area contributed by atoms with Gasteiger partial charge >= 0.3 is 5.97 Å². The van der Waals surface area contributed by atoms with Crippen molar-refractivity contribution in [1.82, 2.24) is 0 Å². The van der Waals surface area contributed by atoms with Crippen molar-refractivity contribution in [2.45, 2.75) is 39.2 Å². The molecular weight excluding hydrogens is 330 g/mol. The van der Waals surface area contributed by atoms with Gasteiger partial charge in [0.2, 0.25) is 11.7 Å². The Bertz CT molecular complexity index is 855. The fraction of sp³-hybridized carbons (Fsp3) is 0.286. The molecule has 3 rings (SSSR count). The number of nitrogens with one attached hydrogen (secondary N) is 1. The van der Waals surface area contributed by atoms with E-state index in [-0.39, 0.29) is 11.7 Å². The highest BCUT2D eigenvalue weighted by Gasteiger charge is 2.22. The zero-order valence-electron chi connectivity index (χ0n) is 14.9. The summed E-state index contributed by atoms with van der Waals surface area (Å²) in [6, 6.07) is 12.3. The number of amides is 1. The third kappa shape index (κ3) is 3.82. The van der Waals surface area contributed by atoms with E-state index >= 15 is 0 Å². The number of aryl methyl sites for hydroxylation is 2. The first kappa shape index (κ1) is 17.9. The minimum absolute atomic E-state index is 0.0267. The lowest BCUT2D eigenvalue weighted by atomic mass is 10.0. The molecule has 1 amide bonds. The summed E-state index contributed by atoms with van der Waals surface area (Å²) < 4.78 is 5.35. The summed E-state index contributed by atoms with van der Waals surface area (Å²) in [5, 5.41) is 2.77. The number of Topliss-reactive ketones (excluding diaryl/α,β-unsaturated/α-hetero) is 1. The average Bonchev–Trinajstić information content (AvgIpc) is 2.66. The zero-order chi connectivity index (χ0) is 18.7. The summed E-state index contributed by atoms with van der Waals surface area (Å²) in [6.07, 6.45) is 1.01. The van der Waals surface area contributed by atoms with Gasteiger partial charge in [-0.15, -0.1) is 0 Å². The van der Waals surface area contributed by atoms with E-state index in [0.717, 1.165) is 23.2 Å². The zero-order valence-corrected chi connectivity index (χ0v) is 14.9. The Morgan fingerprint density at radius 1 is 1.08 bits per heavy atom. The number of carbonyl (C=O) groups excluding carboxylic acids is 3. The Morgan fingerprint density at radius 3 is 2.46 bits per heavy atom. The molecule has 1 aliphatic rings. The van der Waals surface area contributed by atoms with Crippen LogP contribution in [0.15, 0.2) is 42.5 Å². The summed E-state index contributed by atoms with van der Waals surface area (Å²) >= 11 is 0. The Kier molecular flexibility index (Phi) is 5.16. The van der Waals surface area contributed by atoms with E-state index in [2.05, 4.69) is 5.32 Å². The number of benzene rings is 2. The van der Waals surface area contributed by atoms with Crippen LogP contribution in [0.1, 0.15) is 52.1 Å². The van der Waals surface area contributed by atoms with Crippen LogP contribution in [0, 0.1) is 0 Å². The number of esters is 1. The molecule has 0 fully saturated rings. The van der Waals surface area contributed by atoms with Crippen LogP contribution in [0.5, 0.6) is 0 Å². The highest BCUT2D eigenvalue weighted by atomic mass is 16.5. The van der Waals surface area contributed by atoms with Gasteiger partial charge in [-0.1, -0.05) is 31.2 Å². The van der Waals surface area contributed by atoms with Crippen molar-refractivity contribution in [2.75, 3.05) is 5.32 Å². The van der Waals surface area contributed by atoms with Gasteiger partial charge in [-0.25, -0.2) is 4.79 Å². The van der Waals surface area contributed by atoms with E-state index in [1.165, 1.54) is 0 Å². The van der Waals surface area contributed by atoms with Crippen molar-refractivity contribution >= 4 is 23.3 Å². The Labute approximate surface area is 152 Å². The summed E-state index contributed by atoms with van der Waals surface area (Å²) in [6.45, 7) is 3.62. The Balaban J connectivity index is 1.68. The minimum Gasteiger partial charge on any atom is -0.451 e. The first-order valence-electron chi connectivity index (χ1n) is 8.75. The third-order valence-electron chi connectivity index (χ3n) is 4.54. The lowest BCUT2D eigenvalue weighted by molar-refractivity contribution is -0.116. The van der Waals surface area contributed by atoms with E-state index in [4.69, 9.17) is 4.74 Å². The van der Waals surface area contributed by atoms with Gasteiger partial charge in [-0.3, -0.25) is 9.59 Å². The average molecular weight is 351 g/mol. The van der Waals surface area contributed by atoms with Crippen LogP contribution in [-0.2, 0) is 22.4 Å². The van der Waals surface area contributed by atoms with E-state index in [1.54, 1.807) is 37.3 Å². The number of anilines is 1. The molecule has 0 radical (unpaired) electrons. The maximum absolute atomic E-state index is 12.5. The monoisotopic (exact) mass is 351 g/mol. The molecule has 0 spiro atoms. The van der Waals surface area contributed by atoms with Crippen LogP contribution in [0.3, 0.4) is 0 Å². The van der Waals surface area contributed by atoms with Crippen LogP contribution in [0.4, 0.5) is 5.69 Å². The fourth-order valence-corrected chi connectivity index (χ4v) is 2.93. The van der Waals surface area contributed by atoms with Crippen molar-refractivity contribution < 1.29 is 19.1 Å². The van der Waals surface area contributed by atoms with Crippen LogP contribution in [0.25, 0.3) is 0 Å². The second-order valence-electron chi connectivity index (χ2n) is 6.38. The highest BCUT2D eigenvalue weighted by molar-refractivity contribution is 6.01. The molecule has 5 heteroatoms. The van der Waals surface area contributed by atoms with E-state index < -0.39 is 12.1 Å². The van der Waals surface area contributed by atoms with Gasteiger partial charge in [0.15, 0.2) is 6.10 Å². The molecule has 1 aliphatic heterocycles. The standard InChI is InChI=1S/C21H21NO4/c1-3-14-4-6-15(7-5-14)20(24)13(2)26-21(25)17-8-10-18-16(12-17)9-11-19(23)22-18/h4-8,10,12-13H,3,9,11H2,1-2H3,(H,22,23). The second kappa shape index (κ2) is 7.52. The van der Waals surface area contributed by atoms with E-state index in [9.17, 15) is 14.4 Å². The van der Waals surface area contributed by atoms with E-state index in [0.29, 0.717) is 24.0 Å². The maximum Gasteiger partial charge on any atom is 0.338 e. The van der Waals surface area contributed by atoms with Gasteiger partial charge < -0.3 is 10.1 Å². The van der Waals surface area contributed by atoms with Crippen molar-refractivity contribution in [2.24, 2.45) is 0 Å². The van der Waals surface area contributed by atoms with Crippen molar-refractivity contribution in [3.05, 3.63) is 64.7 Å². The summed E-state index contributed by atoms with van der Waals surface area (Å²) in [7, 11) is 0. The minimum atomic E-state index is -0.870. The number of carbonyl (C=O) groups is 3. The molecule has 0 saturated heterocycles. The summed E-state index contributed by atoms with van der Waals surface area (Å²) in [4.78, 5) is 36.2. The Hall–Kier alpha value is -2.95. The molecule has 5 nitrogen and oxygen atoms in total. The first-order chi connectivity index (χ1) is 12.5. The first-order valence-corrected chi connectivity index (χ1v) is 8.75. The summed E-state index contributed by atoms with van der Waals surface area (Å²) in [5.74, 6) is -0.803. The van der Waals surface area contributed by atoms with Gasteiger partial charge in [0.1, 0.15) is 0 Å². The molecular formula is C21H21NO4. The predicted octanol–water partition coefficient (Wildman–Crippen LogP) is 3.56. The molecule has 1 N–H and O–H groups in total. The molecule has 1 unspecified atom stereocenters. The number of hydrogen-bond donors (Lipinski definition) is 1. The van der Waals surface area contributed by atoms with Gasteiger partial charge in [0.05, 0.1) is 5.56 Å². The van der Waals surface area contributed by atoms with Crippen LogP contribution < -0.4 is 5.32 Å². The van der Waals surface area contributed by atoms with Crippen molar-refractivity contribution in [3.63, 3.8) is 0 Å². The third-order valence-corrected chi connectivity index (χ3v) is 4.54. The van der Waals surface area contributed by atoms with Gasteiger partial charge in [0, 0.05) is 17.7 Å². The number of ether oxygens (including phenoxy) is 1. The van der Waals surface area contributed by atoms with Gasteiger partial charge in [-0.05, 0) is 49.1 Å². The van der Waals surface area contributed by atoms with Crippen molar-refractivity contribution in [3.8, 4) is 0 Å². The van der Waals surface area contributed by atoms with Crippen LogP contribution in [-0.4, -0.2) is 23.8 Å². The maximum atomic E-state index is 12.5.